The number of nitrogens with one attached hydrogen (secondary N) is 1. The highest BCUT2D eigenvalue weighted by Gasteiger charge is 2.14. The van der Waals surface area contributed by atoms with Crippen LogP contribution in [0.3, 0.4) is 0 Å². The van der Waals surface area contributed by atoms with Crippen molar-refractivity contribution in [1.29, 1.82) is 0 Å². The Morgan fingerprint density at radius 1 is 1.40 bits per heavy atom. The Labute approximate surface area is 124 Å². The van der Waals surface area contributed by atoms with Gasteiger partial charge in [0.1, 0.15) is 0 Å². The van der Waals surface area contributed by atoms with Gasteiger partial charge in [0.05, 0.1) is 6.54 Å². The lowest BCUT2D eigenvalue weighted by molar-refractivity contribution is -0.137. The fourth-order valence-corrected chi connectivity index (χ4v) is 1.71. The van der Waals surface area contributed by atoms with E-state index in [9.17, 15) is 14.4 Å². The van der Waals surface area contributed by atoms with Gasteiger partial charge in [-0.2, -0.15) is 0 Å². The Balaban J connectivity index is 2.31. The Morgan fingerprint density at radius 3 is 2.65 bits per heavy atom. The summed E-state index contributed by atoms with van der Waals surface area (Å²) in [6, 6.07) is 3.06. The Morgan fingerprint density at radius 2 is 2.10 bits per heavy atom. The SMILES string of the molecule is CN(CCCC(=O)O)C(=O)CNC(=O)c1ccc(Br)o1. The van der Waals surface area contributed by atoms with Gasteiger partial charge in [-0.3, -0.25) is 14.4 Å². The summed E-state index contributed by atoms with van der Waals surface area (Å²) in [6.07, 6.45) is 0.376. The summed E-state index contributed by atoms with van der Waals surface area (Å²) in [6.45, 7) is 0.161. The van der Waals surface area contributed by atoms with Crippen LogP contribution in [0.5, 0.6) is 0 Å². The van der Waals surface area contributed by atoms with E-state index in [4.69, 9.17) is 9.52 Å². The normalized spacial score (nSPS) is 10.1. The molecule has 0 saturated heterocycles. The molecule has 8 heteroatoms. The van der Waals surface area contributed by atoms with Crippen LogP contribution in [0, 0.1) is 0 Å². The predicted octanol–water partition coefficient (Wildman–Crippen LogP) is 1.10. The highest BCUT2D eigenvalue weighted by molar-refractivity contribution is 9.10. The standard InChI is InChI=1S/C12H15BrN2O5/c1-15(6-2-3-11(17)18)10(16)7-14-12(19)8-4-5-9(13)20-8/h4-5H,2-3,6-7H2,1H3,(H,14,19)(H,17,18). The topological polar surface area (TPSA) is 99.9 Å². The second kappa shape index (κ2) is 7.68. The predicted molar refractivity (Wildman–Crippen MR) is 73.2 cm³/mol. The molecule has 1 aromatic rings. The number of carboxylic acid groups (broad SMARTS) is 1. The lowest BCUT2D eigenvalue weighted by Crippen LogP contribution is -2.38. The summed E-state index contributed by atoms with van der Waals surface area (Å²) >= 11 is 3.07. The molecular weight excluding hydrogens is 332 g/mol. The number of likely N-dealkylation sites (N-methyl/N-ethyl adjacent to an activating group) is 1. The molecule has 0 saturated carbocycles. The minimum Gasteiger partial charge on any atom is -0.481 e. The smallest absolute Gasteiger partial charge is 0.303 e. The summed E-state index contributed by atoms with van der Waals surface area (Å²) in [4.78, 5) is 35.0. The number of carboxylic acids is 1. The van der Waals surface area contributed by atoms with E-state index < -0.39 is 11.9 Å². The summed E-state index contributed by atoms with van der Waals surface area (Å²) < 4.78 is 5.47. The first-order valence-corrected chi connectivity index (χ1v) is 6.68. The van der Waals surface area contributed by atoms with E-state index >= 15 is 0 Å². The van der Waals surface area contributed by atoms with Gasteiger partial charge in [0, 0.05) is 20.0 Å². The lowest BCUT2D eigenvalue weighted by atomic mass is 10.3. The van der Waals surface area contributed by atoms with Gasteiger partial charge in [-0.05, 0) is 34.5 Å². The minimum absolute atomic E-state index is 0.00437. The molecule has 1 aromatic heterocycles. The fourth-order valence-electron chi connectivity index (χ4n) is 1.41. The molecule has 0 fully saturated rings. The fraction of sp³-hybridized carbons (Fsp3) is 0.417. The minimum atomic E-state index is -0.900. The van der Waals surface area contributed by atoms with Crippen LogP contribution in [0.4, 0.5) is 0 Å². The molecule has 0 bridgehead atoms. The maximum Gasteiger partial charge on any atom is 0.303 e. The first-order chi connectivity index (χ1) is 9.40. The van der Waals surface area contributed by atoms with Crippen LogP contribution in [-0.4, -0.2) is 47.9 Å². The van der Waals surface area contributed by atoms with Crippen molar-refractivity contribution in [2.45, 2.75) is 12.8 Å². The molecular formula is C12H15BrN2O5. The van der Waals surface area contributed by atoms with Gasteiger partial charge in [0.15, 0.2) is 10.4 Å². The largest absolute Gasteiger partial charge is 0.481 e. The molecule has 0 radical (unpaired) electrons. The van der Waals surface area contributed by atoms with Gasteiger partial charge < -0.3 is 19.7 Å². The number of nitrogens with zero attached hydrogens (tertiary/aromatic N) is 1. The third kappa shape index (κ3) is 5.43. The number of halogens is 1. The van der Waals surface area contributed by atoms with Gasteiger partial charge in [-0.1, -0.05) is 0 Å². The Hall–Kier alpha value is -1.83. The molecule has 0 aliphatic heterocycles. The molecule has 2 N–H and O–H groups in total. The van der Waals surface area contributed by atoms with Crippen LogP contribution in [0.1, 0.15) is 23.4 Å². The molecule has 2 amide bonds. The number of carbonyl (C=O) groups excluding carboxylic acids is 2. The van der Waals surface area contributed by atoms with E-state index in [-0.39, 0.29) is 24.6 Å². The van der Waals surface area contributed by atoms with Gasteiger partial charge in [-0.25, -0.2) is 0 Å². The van der Waals surface area contributed by atoms with Crippen molar-refractivity contribution < 1.29 is 23.9 Å². The number of amides is 2. The molecule has 20 heavy (non-hydrogen) atoms. The van der Waals surface area contributed by atoms with Crippen molar-refractivity contribution in [3.63, 3.8) is 0 Å². The third-order valence-electron chi connectivity index (χ3n) is 2.51. The molecule has 1 rings (SSSR count). The Kier molecular flexibility index (Phi) is 6.23. The number of hydrogen-bond donors (Lipinski definition) is 2. The van der Waals surface area contributed by atoms with Crippen molar-refractivity contribution in [1.82, 2.24) is 10.2 Å². The molecule has 0 aromatic carbocycles. The molecule has 0 spiro atoms. The van der Waals surface area contributed by atoms with Gasteiger partial charge in [0.2, 0.25) is 5.91 Å². The molecule has 0 unspecified atom stereocenters. The second-order valence-corrected chi connectivity index (χ2v) is 4.88. The number of furan rings is 1. The lowest BCUT2D eigenvalue weighted by Gasteiger charge is -2.16. The van der Waals surface area contributed by atoms with E-state index in [0.717, 1.165) is 0 Å². The quantitative estimate of drug-likeness (QED) is 0.769. The number of hydrogen-bond acceptors (Lipinski definition) is 4. The molecule has 0 atom stereocenters. The van der Waals surface area contributed by atoms with Crippen molar-refractivity contribution in [2.24, 2.45) is 0 Å². The zero-order chi connectivity index (χ0) is 15.1. The number of carbonyl (C=O) groups is 3. The summed E-state index contributed by atoms with van der Waals surface area (Å²) in [5.41, 5.74) is 0. The van der Waals surface area contributed by atoms with Crippen LogP contribution in [-0.2, 0) is 9.59 Å². The van der Waals surface area contributed by atoms with Crippen molar-refractivity contribution >= 4 is 33.7 Å². The van der Waals surface area contributed by atoms with E-state index in [1.807, 2.05) is 0 Å². The van der Waals surface area contributed by atoms with Crippen LogP contribution >= 0.6 is 15.9 Å². The van der Waals surface area contributed by atoms with Gasteiger partial charge >= 0.3 is 5.97 Å². The maximum absolute atomic E-state index is 11.7. The van der Waals surface area contributed by atoms with Crippen molar-refractivity contribution in [3.8, 4) is 0 Å². The number of rotatable bonds is 7. The van der Waals surface area contributed by atoms with Crippen LogP contribution in [0.15, 0.2) is 21.2 Å². The monoisotopic (exact) mass is 346 g/mol. The van der Waals surface area contributed by atoms with Gasteiger partial charge in [-0.15, -0.1) is 0 Å². The summed E-state index contributed by atoms with van der Waals surface area (Å²) in [5, 5.41) is 10.9. The first kappa shape index (κ1) is 16.2. The zero-order valence-corrected chi connectivity index (χ0v) is 12.5. The zero-order valence-electron chi connectivity index (χ0n) is 10.9. The molecule has 1 heterocycles. The average molecular weight is 347 g/mol. The van der Waals surface area contributed by atoms with Gasteiger partial charge in [0.25, 0.3) is 5.91 Å². The highest BCUT2D eigenvalue weighted by atomic mass is 79.9. The van der Waals surface area contributed by atoms with Crippen LogP contribution in [0.25, 0.3) is 0 Å². The Bertz CT molecular complexity index is 500. The molecule has 0 aliphatic rings. The van der Waals surface area contributed by atoms with Crippen molar-refractivity contribution in [2.75, 3.05) is 20.1 Å². The molecule has 110 valence electrons. The summed E-state index contributed by atoms with van der Waals surface area (Å²) in [5.74, 6) is -1.57. The van der Waals surface area contributed by atoms with E-state index in [2.05, 4.69) is 21.2 Å². The van der Waals surface area contributed by atoms with E-state index in [0.29, 0.717) is 17.6 Å². The first-order valence-electron chi connectivity index (χ1n) is 5.89. The number of aliphatic carboxylic acids is 1. The molecule has 7 nitrogen and oxygen atoms in total. The van der Waals surface area contributed by atoms with Crippen LogP contribution in [0.2, 0.25) is 0 Å². The van der Waals surface area contributed by atoms with E-state index in [1.165, 1.54) is 11.0 Å². The summed E-state index contributed by atoms with van der Waals surface area (Å²) in [7, 11) is 1.56. The maximum atomic E-state index is 11.7. The average Bonchev–Trinajstić information content (AvgIpc) is 2.81. The van der Waals surface area contributed by atoms with Crippen LogP contribution < -0.4 is 5.32 Å². The second-order valence-electron chi connectivity index (χ2n) is 4.10. The molecule has 0 aliphatic carbocycles. The van der Waals surface area contributed by atoms with E-state index in [1.54, 1.807) is 13.1 Å². The third-order valence-corrected chi connectivity index (χ3v) is 2.93. The highest BCUT2D eigenvalue weighted by Crippen LogP contribution is 2.13. The van der Waals surface area contributed by atoms with Crippen molar-refractivity contribution in [3.05, 3.63) is 22.6 Å².